The van der Waals surface area contributed by atoms with Crippen molar-refractivity contribution in [2.45, 2.75) is 32.7 Å². The van der Waals surface area contributed by atoms with Gasteiger partial charge in [-0.25, -0.2) is 0 Å². The van der Waals surface area contributed by atoms with Crippen LogP contribution in [-0.2, 0) is 16.0 Å². The summed E-state index contributed by atoms with van der Waals surface area (Å²) in [4.78, 5) is 24.6. The second-order valence-corrected chi connectivity index (χ2v) is 7.03. The summed E-state index contributed by atoms with van der Waals surface area (Å²) in [6.45, 7) is 4.73. The Labute approximate surface area is 159 Å². The number of likely N-dealkylation sites (N-methyl/N-ethyl adjacent to an activating group) is 1. The molecule has 0 spiro atoms. The number of benzene rings is 1. The Morgan fingerprint density at radius 2 is 1.73 bits per heavy atom. The smallest absolute Gasteiger partial charge is 0.239 e. The Kier molecular flexibility index (Phi) is 8.31. The minimum absolute atomic E-state index is 0.00371. The quantitative estimate of drug-likeness (QED) is 0.600. The first-order chi connectivity index (χ1) is 12.6. The van der Waals surface area contributed by atoms with Crippen molar-refractivity contribution in [3.8, 4) is 0 Å². The van der Waals surface area contributed by atoms with Gasteiger partial charge in [0.15, 0.2) is 0 Å². The van der Waals surface area contributed by atoms with Crippen LogP contribution in [0.3, 0.4) is 0 Å². The van der Waals surface area contributed by atoms with Crippen LogP contribution in [0.1, 0.15) is 42.3 Å². The minimum atomic E-state index is -0.194. The van der Waals surface area contributed by atoms with E-state index in [9.17, 15) is 9.59 Å². The molecule has 140 valence electrons. The van der Waals surface area contributed by atoms with Gasteiger partial charge in [0, 0.05) is 11.4 Å². The van der Waals surface area contributed by atoms with Crippen LogP contribution in [-0.4, -0.2) is 31.4 Å². The molecule has 1 atom stereocenters. The lowest BCUT2D eigenvalue weighted by Gasteiger charge is -2.18. The van der Waals surface area contributed by atoms with Gasteiger partial charge in [0.2, 0.25) is 11.8 Å². The average Bonchev–Trinajstić information content (AvgIpc) is 3.16. The third-order valence-electron chi connectivity index (χ3n) is 3.97. The summed E-state index contributed by atoms with van der Waals surface area (Å²) in [5.74, 6) is -0.373. The van der Waals surface area contributed by atoms with E-state index in [1.165, 1.54) is 5.56 Å². The van der Waals surface area contributed by atoms with Gasteiger partial charge in [0.05, 0.1) is 19.1 Å². The predicted octanol–water partition coefficient (Wildman–Crippen LogP) is 2.63. The Morgan fingerprint density at radius 1 is 1.00 bits per heavy atom. The van der Waals surface area contributed by atoms with Gasteiger partial charge in [-0.1, -0.05) is 43.7 Å². The van der Waals surface area contributed by atoms with Crippen LogP contribution >= 0.6 is 11.3 Å². The maximum atomic E-state index is 12.0. The van der Waals surface area contributed by atoms with Gasteiger partial charge in [-0.3, -0.25) is 14.9 Å². The van der Waals surface area contributed by atoms with Crippen molar-refractivity contribution < 1.29 is 9.59 Å². The highest BCUT2D eigenvalue weighted by molar-refractivity contribution is 7.10. The number of amides is 2. The predicted molar refractivity (Wildman–Crippen MR) is 106 cm³/mol. The van der Waals surface area contributed by atoms with Gasteiger partial charge in [0.1, 0.15) is 0 Å². The van der Waals surface area contributed by atoms with Crippen LogP contribution in [0, 0.1) is 0 Å². The standard InChI is InChI=1S/C20H27N3O2S/c1-3-6-15-8-10-16(11-9-15)20(17-7-5-12-26-17)23-14-19(25)22-13-18(24)21-4-2/h5,7-12,20,23H,3-4,6,13-14H2,1-2H3,(H,21,24)(H,22,25)/t20-/m1/s1. The highest BCUT2D eigenvalue weighted by Gasteiger charge is 2.16. The SMILES string of the molecule is CCCc1ccc([C@@H](NCC(=O)NCC(=O)NCC)c2cccs2)cc1. The number of carbonyl (C=O) groups is 2. The molecule has 0 aliphatic rings. The number of hydrogen-bond donors (Lipinski definition) is 3. The number of aryl methyl sites for hydroxylation is 1. The number of hydrogen-bond acceptors (Lipinski definition) is 4. The van der Waals surface area contributed by atoms with E-state index in [2.05, 4.69) is 53.2 Å². The molecule has 0 saturated heterocycles. The van der Waals surface area contributed by atoms with Crippen LogP contribution in [0.25, 0.3) is 0 Å². The fourth-order valence-electron chi connectivity index (χ4n) is 2.70. The molecule has 0 unspecified atom stereocenters. The Hall–Kier alpha value is -2.18. The third kappa shape index (κ3) is 6.28. The molecular formula is C20H27N3O2S. The fraction of sp³-hybridized carbons (Fsp3) is 0.400. The molecule has 1 heterocycles. The van der Waals surface area contributed by atoms with Crippen LogP contribution in [0.2, 0.25) is 0 Å². The van der Waals surface area contributed by atoms with E-state index in [1.54, 1.807) is 11.3 Å². The summed E-state index contributed by atoms with van der Waals surface area (Å²) in [6, 6.07) is 12.6. The summed E-state index contributed by atoms with van der Waals surface area (Å²) in [5.41, 5.74) is 2.45. The van der Waals surface area contributed by atoms with Crippen molar-refractivity contribution in [3.05, 3.63) is 57.8 Å². The van der Waals surface area contributed by atoms with Gasteiger partial charge < -0.3 is 10.6 Å². The second kappa shape index (κ2) is 10.7. The van der Waals surface area contributed by atoms with Crippen LogP contribution < -0.4 is 16.0 Å². The molecule has 1 aromatic carbocycles. The molecule has 0 aliphatic carbocycles. The molecule has 5 nitrogen and oxygen atoms in total. The van der Waals surface area contributed by atoms with E-state index in [0.29, 0.717) is 6.54 Å². The zero-order valence-electron chi connectivity index (χ0n) is 15.4. The van der Waals surface area contributed by atoms with Gasteiger partial charge in [0.25, 0.3) is 0 Å². The van der Waals surface area contributed by atoms with E-state index >= 15 is 0 Å². The first-order valence-corrected chi connectivity index (χ1v) is 9.91. The molecule has 0 radical (unpaired) electrons. The molecule has 26 heavy (non-hydrogen) atoms. The largest absolute Gasteiger partial charge is 0.355 e. The zero-order valence-corrected chi connectivity index (χ0v) is 16.2. The minimum Gasteiger partial charge on any atom is -0.355 e. The van der Waals surface area contributed by atoms with E-state index in [0.717, 1.165) is 23.3 Å². The van der Waals surface area contributed by atoms with Gasteiger partial charge in [-0.2, -0.15) is 0 Å². The lowest BCUT2D eigenvalue weighted by molar-refractivity contribution is -0.125. The van der Waals surface area contributed by atoms with Gasteiger partial charge in [-0.05, 0) is 35.9 Å². The van der Waals surface area contributed by atoms with Gasteiger partial charge >= 0.3 is 0 Å². The summed E-state index contributed by atoms with van der Waals surface area (Å²) >= 11 is 1.66. The zero-order chi connectivity index (χ0) is 18.8. The highest BCUT2D eigenvalue weighted by Crippen LogP contribution is 2.26. The molecule has 3 N–H and O–H groups in total. The maximum absolute atomic E-state index is 12.0. The molecule has 0 fully saturated rings. The Morgan fingerprint density at radius 3 is 2.35 bits per heavy atom. The average molecular weight is 374 g/mol. The van der Waals surface area contributed by atoms with E-state index in [4.69, 9.17) is 0 Å². The number of rotatable bonds is 10. The van der Waals surface area contributed by atoms with Crippen molar-refractivity contribution in [1.29, 1.82) is 0 Å². The summed E-state index contributed by atoms with van der Waals surface area (Å²) < 4.78 is 0. The van der Waals surface area contributed by atoms with Crippen molar-refractivity contribution in [2.75, 3.05) is 19.6 Å². The molecule has 2 rings (SSSR count). The van der Waals surface area contributed by atoms with Gasteiger partial charge in [-0.15, -0.1) is 11.3 Å². The molecule has 1 aromatic heterocycles. The van der Waals surface area contributed by atoms with Crippen LogP contribution in [0.5, 0.6) is 0 Å². The van der Waals surface area contributed by atoms with Crippen molar-refractivity contribution in [1.82, 2.24) is 16.0 Å². The molecule has 0 aliphatic heterocycles. The topological polar surface area (TPSA) is 70.2 Å². The Bertz CT molecular complexity index is 684. The summed E-state index contributed by atoms with van der Waals surface area (Å²) in [6.07, 6.45) is 2.19. The summed E-state index contributed by atoms with van der Waals surface area (Å²) in [5, 5.41) is 10.6. The first kappa shape index (κ1) is 20.1. The lowest BCUT2D eigenvalue weighted by atomic mass is 10.0. The maximum Gasteiger partial charge on any atom is 0.239 e. The normalized spacial score (nSPS) is 11.8. The van der Waals surface area contributed by atoms with Crippen molar-refractivity contribution in [2.24, 2.45) is 0 Å². The number of thiophene rings is 1. The fourth-order valence-corrected chi connectivity index (χ4v) is 3.53. The van der Waals surface area contributed by atoms with Crippen molar-refractivity contribution >= 4 is 23.2 Å². The lowest BCUT2D eigenvalue weighted by Crippen LogP contribution is -2.41. The molecule has 0 bridgehead atoms. The number of carbonyl (C=O) groups excluding carboxylic acids is 2. The summed E-state index contributed by atoms with van der Waals surface area (Å²) in [7, 11) is 0. The van der Waals surface area contributed by atoms with Crippen LogP contribution in [0.4, 0.5) is 0 Å². The monoisotopic (exact) mass is 373 g/mol. The molecule has 0 saturated carbocycles. The third-order valence-corrected chi connectivity index (χ3v) is 4.90. The van der Waals surface area contributed by atoms with E-state index in [-0.39, 0.29) is 30.9 Å². The molecule has 6 heteroatoms. The molecule has 2 aromatic rings. The van der Waals surface area contributed by atoms with Crippen LogP contribution in [0.15, 0.2) is 41.8 Å². The first-order valence-electron chi connectivity index (χ1n) is 9.03. The second-order valence-electron chi connectivity index (χ2n) is 6.05. The van der Waals surface area contributed by atoms with E-state index in [1.807, 2.05) is 18.4 Å². The van der Waals surface area contributed by atoms with Crippen molar-refractivity contribution in [3.63, 3.8) is 0 Å². The highest BCUT2D eigenvalue weighted by atomic mass is 32.1. The Balaban J connectivity index is 1.98. The molecular weight excluding hydrogens is 346 g/mol. The molecule has 2 amide bonds. The van der Waals surface area contributed by atoms with E-state index < -0.39 is 0 Å². The number of nitrogens with one attached hydrogen (secondary N) is 3.